The number of carbonyl (C=O) groups excluding carboxylic acids is 2. The molecule has 0 saturated heterocycles. The zero-order valence-corrected chi connectivity index (χ0v) is 41.6. The Bertz CT molecular complexity index is 966. The third-order valence-electron chi connectivity index (χ3n) is 12.7. The van der Waals surface area contributed by atoms with Crippen LogP contribution in [0.15, 0.2) is 24.3 Å². The largest absolute Gasteiger partial charge is 0.466 e. The Morgan fingerprint density at radius 2 is 0.758 bits per heavy atom. The molecule has 366 valence electrons. The van der Waals surface area contributed by atoms with Crippen LogP contribution in [0, 0.1) is 0 Å². The van der Waals surface area contributed by atoms with E-state index in [1.54, 1.807) is 0 Å². The van der Waals surface area contributed by atoms with E-state index in [4.69, 9.17) is 4.74 Å². The van der Waals surface area contributed by atoms with Crippen molar-refractivity contribution in [1.82, 2.24) is 5.32 Å². The number of hydrogen-bond donors (Lipinski definition) is 3. The van der Waals surface area contributed by atoms with E-state index in [2.05, 4.69) is 43.5 Å². The first-order chi connectivity index (χ1) is 30.5. The highest BCUT2D eigenvalue weighted by Gasteiger charge is 2.20. The normalized spacial score (nSPS) is 12.8. The fourth-order valence-corrected chi connectivity index (χ4v) is 8.45. The van der Waals surface area contributed by atoms with Crippen LogP contribution in [0.4, 0.5) is 0 Å². The molecule has 0 bridgehead atoms. The third-order valence-corrected chi connectivity index (χ3v) is 12.7. The minimum atomic E-state index is -0.683. The van der Waals surface area contributed by atoms with Gasteiger partial charge in [-0.3, -0.25) is 9.59 Å². The van der Waals surface area contributed by atoms with Gasteiger partial charge in [-0.25, -0.2) is 0 Å². The molecule has 0 aliphatic heterocycles. The summed E-state index contributed by atoms with van der Waals surface area (Å²) in [7, 11) is 0. The van der Waals surface area contributed by atoms with E-state index in [9.17, 15) is 19.8 Å². The monoisotopic (exact) mass is 874 g/mol. The van der Waals surface area contributed by atoms with Gasteiger partial charge in [-0.15, -0.1) is 0 Å². The summed E-state index contributed by atoms with van der Waals surface area (Å²) >= 11 is 0. The van der Waals surface area contributed by atoms with Crippen molar-refractivity contribution in [3.8, 4) is 0 Å². The predicted molar refractivity (Wildman–Crippen MR) is 269 cm³/mol. The number of unbranched alkanes of at least 4 members (excludes halogenated alkanes) is 36. The molecule has 6 nitrogen and oxygen atoms in total. The number of carbonyl (C=O) groups is 2. The fraction of sp³-hybridized carbons (Fsp3) is 0.893. The van der Waals surface area contributed by atoms with Crippen LogP contribution in [0.5, 0.6) is 0 Å². The van der Waals surface area contributed by atoms with Gasteiger partial charge in [0.25, 0.3) is 0 Å². The van der Waals surface area contributed by atoms with Gasteiger partial charge in [0.05, 0.1) is 25.4 Å². The maximum atomic E-state index is 12.5. The maximum Gasteiger partial charge on any atom is 0.305 e. The van der Waals surface area contributed by atoms with Gasteiger partial charge in [0.1, 0.15) is 0 Å². The Morgan fingerprint density at radius 1 is 0.435 bits per heavy atom. The first-order valence-electron chi connectivity index (χ1n) is 27.6. The predicted octanol–water partition coefficient (Wildman–Crippen LogP) is 16.7. The van der Waals surface area contributed by atoms with Crippen LogP contribution in [-0.2, 0) is 14.3 Å². The second-order valence-electron chi connectivity index (χ2n) is 18.9. The summed E-state index contributed by atoms with van der Waals surface area (Å²) in [5, 5.41) is 23.3. The van der Waals surface area contributed by atoms with Crippen molar-refractivity contribution in [2.45, 2.75) is 309 Å². The average Bonchev–Trinajstić information content (AvgIpc) is 3.27. The van der Waals surface area contributed by atoms with E-state index in [-0.39, 0.29) is 18.5 Å². The molecule has 0 saturated carbocycles. The Balaban J connectivity index is 3.51. The van der Waals surface area contributed by atoms with Crippen LogP contribution < -0.4 is 5.32 Å². The smallest absolute Gasteiger partial charge is 0.305 e. The topological polar surface area (TPSA) is 95.9 Å². The van der Waals surface area contributed by atoms with Crippen molar-refractivity contribution in [2.75, 3.05) is 13.2 Å². The zero-order valence-electron chi connectivity index (χ0n) is 41.6. The summed E-state index contributed by atoms with van der Waals surface area (Å²) < 4.78 is 5.43. The van der Waals surface area contributed by atoms with Crippen molar-refractivity contribution >= 4 is 11.9 Å². The Hall–Kier alpha value is -1.66. The van der Waals surface area contributed by atoms with Crippen LogP contribution in [-0.4, -0.2) is 47.4 Å². The molecule has 0 aromatic heterocycles. The summed E-state index contributed by atoms with van der Waals surface area (Å²) in [4.78, 5) is 24.5. The molecule has 0 radical (unpaired) electrons. The molecule has 0 heterocycles. The molecular formula is C56H107NO5. The maximum absolute atomic E-state index is 12.5. The molecule has 0 spiro atoms. The van der Waals surface area contributed by atoms with Crippen LogP contribution >= 0.6 is 0 Å². The second kappa shape index (κ2) is 52.0. The molecule has 6 heteroatoms. The van der Waals surface area contributed by atoms with E-state index < -0.39 is 12.1 Å². The van der Waals surface area contributed by atoms with Crippen LogP contribution in [0.1, 0.15) is 296 Å². The Kier molecular flexibility index (Phi) is 50.6. The van der Waals surface area contributed by atoms with Crippen LogP contribution in [0.25, 0.3) is 0 Å². The highest BCUT2D eigenvalue weighted by molar-refractivity contribution is 5.76. The lowest BCUT2D eigenvalue weighted by molar-refractivity contribution is -0.143. The van der Waals surface area contributed by atoms with Gasteiger partial charge in [-0.2, -0.15) is 0 Å². The highest BCUT2D eigenvalue weighted by Crippen LogP contribution is 2.17. The summed E-state index contributed by atoms with van der Waals surface area (Å²) in [5.41, 5.74) is 0. The van der Waals surface area contributed by atoms with Crippen LogP contribution in [0.2, 0.25) is 0 Å². The lowest BCUT2D eigenvalue weighted by atomic mass is 10.0. The van der Waals surface area contributed by atoms with Gasteiger partial charge in [0, 0.05) is 12.8 Å². The van der Waals surface area contributed by atoms with E-state index in [0.717, 1.165) is 83.5 Å². The number of aliphatic hydroxyl groups excluding tert-OH is 2. The van der Waals surface area contributed by atoms with E-state index >= 15 is 0 Å². The number of hydrogen-bond acceptors (Lipinski definition) is 5. The number of nitrogens with one attached hydrogen (secondary N) is 1. The van der Waals surface area contributed by atoms with Crippen molar-refractivity contribution < 1.29 is 24.5 Å². The molecular weight excluding hydrogens is 767 g/mol. The Morgan fingerprint density at radius 3 is 1.16 bits per heavy atom. The standard InChI is InChI=1S/C56H107NO5/c1-3-5-7-9-11-13-15-17-18-19-20-21-22-23-24-26-28-32-36-40-44-48-54(59)53(52-58)57-55(60)49-45-41-37-33-29-27-31-35-39-43-47-51-62-56(61)50-46-42-38-34-30-25-16-14-12-10-8-6-4-2/h14,16,31,35,53-54,58-59H,3-13,15,17-30,32-34,36-52H2,1-2H3,(H,57,60)/b16-14-,35-31-. The van der Waals surface area contributed by atoms with Crippen molar-refractivity contribution in [1.29, 1.82) is 0 Å². The molecule has 3 N–H and O–H groups in total. The third kappa shape index (κ3) is 47.8. The molecule has 0 rings (SSSR count). The molecule has 0 fully saturated rings. The summed E-state index contributed by atoms with van der Waals surface area (Å²) in [5.74, 6) is -0.102. The van der Waals surface area contributed by atoms with Gasteiger partial charge < -0.3 is 20.3 Å². The number of allylic oxidation sites excluding steroid dienone is 4. The van der Waals surface area contributed by atoms with E-state index in [1.165, 1.54) is 180 Å². The molecule has 62 heavy (non-hydrogen) atoms. The SMILES string of the molecule is CCCCCC/C=C\CCCCCCCC(=O)OCCCC/C=C\CCCCCCCC(=O)NC(CO)C(O)CCCCCCCCCCCCCCCCCCCCCCC. The number of esters is 1. The number of rotatable bonds is 51. The van der Waals surface area contributed by atoms with Gasteiger partial charge in [0.2, 0.25) is 5.91 Å². The van der Waals surface area contributed by atoms with Gasteiger partial charge >= 0.3 is 5.97 Å². The zero-order chi connectivity index (χ0) is 45.1. The summed E-state index contributed by atoms with van der Waals surface area (Å²) in [6.45, 7) is 4.87. The number of amides is 1. The number of aliphatic hydroxyl groups is 2. The first kappa shape index (κ1) is 60.3. The molecule has 0 aromatic rings. The fourth-order valence-electron chi connectivity index (χ4n) is 8.45. The quantitative estimate of drug-likeness (QED) is 0.0321. The molecule has 2 atom stereocenters. The van der Waals surface area contributed by atoms with Gasteiger partial charge in [-0.1, -0.05) is 231 Å². The van der Waals surface area contributed by atoms with Crippen molar-refractivity contribution in [2.24, 2.45) is 0 Å². The van der Waals surface area contributed by atoms with Gasteiger partial charge in [0.15, 0.2) is 0 Å². The lowest BCUT2D eigenvalue weighted by Gasteiger charge is -2.22. The summed E-state index contributed by atoms with van der Waals surface area (Å²) in [6, 6.07) is -0.563. The molecule has 0 aliphatic rings. The highest BCUT2D eigenvalue weighted by atomic mass is 16.5. The molecule has 0 aliphatic carbocycles. The number of ether oxygens (including phenoxy) is 1. The Labute approximate surface area is 386 Å². The lowest BCUT2D eigenvalue weighted by Crippen LogP contribution is -2.45. The summed E-state index contributed by atoms with van der Waals surface area (Å²) in [6.07, 6.45) is 61.6. The van der Waals surface area contributed by atoms with E-state index in [0.29, 0.717) is 25.9 Å². The van der Waals surface area contributed by atoms with Gasteiger partial charge in [-0.05, 0) is 77.0 Å². The van der Waals surface area contributed by atoms with Crippen molar-refractivity contribution in [3.05, 3.63) is 24.3 Å². The van der Waals surface area contributed by atoms with Crippen molar-refractivity contribution in [3.63, 3.8) is 0 Å². The molecule has 1 amide bonds. The molecule has 0 aromatic carbocycles. The minimum absolute atomic E-state index is 0.0399. The average molecular weight is 874 g/mol. The minimum Gasteiger partial charge on any atom is -0.466 e. The van der Waals surface area contributed by atoms with Crippen LogP contribution in [0.3, 0.4) is 0 Å². The second-order valence-corrected chi connectivity index (χ2v) is 18.9. The first-order valence-corrected chi connectivity index (χ1v) is 27.6. The molecule has 2 unspecified atom stereocenters. The van der Waals surface area contributed by atoms with E-state index in [1.807, 2.05) is 0 Å².